The molecule has 0 spiro atoms. The molecule has 0 aromatic rings. The number of carbonyl (C=O) groups excluding carboxylic acids is 1. The molecule has 0 rings (SSSR count). The Morgan fingerprint density at radius 1 is 0.875 bits per heavy atom. The van der Waals surface area contributed by atoms with E-state index >= 15 is 0 Å². The number of alkyl halides is 11. The van der Waals surface area contributed by atoms with Gasteiger partial charge in [-0.05, 0) is 6.92 Å². The number of aliphatic hydroxyl groups is 1. The van der Waals surface area contributed by atoms with Crippen LogP contribution in [0.15, 0.2) is 12.7 Å². The fourth-order valence-electron chi connectivity index (χ4n) is 1.41. The van der Waals surface area contributed by atoms with Crippen LogP contribution in [0, 0.1) is 0 Å². The van der Waals surface area contributed by atoms with Gasteiger partial charge in [0.2, 0.25) is 5.60 Å². The average Bonchev–Trinajstić information content (AvgIpc) is 2.30. The van der Waals surface area contributed by atoms with Crippen molar-refractivity contribution in [2.24, 2.45) is 0 Å². The van der Waals surface area contributed by atoms with Gasteiger partial charge in [0.15, 0.2) is 0 Å². The van der Waals surface area contributed by atoms with Crippen molar-refractivity contribution >= 4 is 5.97 Å². The van der Waals surface area contributed by atoms with Crippen LogP contribution < -0.4 is 0 Å². The molecular weight excluding hydrogens is 377 g/mol. The molecule has 14 heteroatoms. The summed E-state index contributed by atoms with van der Waals surface area (Å²) in [6.07, 6.45) is -21.6. The van der Waals surface area contributed by atoms with Gasteiger partial charge in [-0.15, -0.1) is 0 Å². The number of ether oxygens (including phenoxy) is 1. The molecule has 0 saturated heterocycles. The Bertz CT molecular complexity index is 484. The second-order valence-electron chi connectivity index (χ2n) is 4.45. The standard InChI is InChI=1S/C10H7F11O3/c1-3-4(22)24-6(9(16,17)18,10(19,20)21)7(11,12)5(2,23)8(13,14)15/h3,23H,1H2,2H3. The van der Waals surface area contributed by atoms with Gasteiger partial charge in [0.25, 0.3) is 0 Å². The van der Waals surface area contributed by atoms with Gasteiger partial charge < -0.3 is 9.84 Å². The van der Waals surface area contributed by atoms with E-state index < -0.39 is 54.6 Å². The third kappa shape index (κ3) is 3.02. The average molecular weight is 384 g/mol. The highest BCUT2D eigenvalue weighted by atomic mass is 19.4. The van der Waals surface area contributed by atoms with Gasteiger partial charge in [0.1, 0.15) is 0 Å². The highest BCUT2D eigenvalue weighted by Crippen LogP contribution is 2.60. The zero-order valence-corrected chi connectivity index (χ0v) is 11.2. The highest BCUT2D eigenvalue weighted by molar-refractivity contribution is 5.81. The first-order valence-electron chi connectivity index (χ1n) is 5.36. The molecule has 24 heavy (non-hydrogen) atoms. The first-order chi connectivity index (χ1) is 10.2. The predicted octanol–water partition coefficient (Wildman–Crippen LogP) is 3.53. The minimum absolute atomic E-state index is 0.412. The van der Waals surface area contributed by atoms with Crippen LogP contribution >= 0.6 is 0 Å². The summed E-state index contributed by atoms with van der Waals surface area (Å²) in [4.78, 5) is 10.7. The third-order valence-electron chi connectivity index (χ3n) is 2.82. The molecule has 0 bridgehead atoms. The zero-order chi connectivity index (χ0) is 20.0. The van der Waals surface area contributed by atoms with Crippen molar-refractivity contribution in [2.45, 2.75) is 42.6 Å². The fourth-order valence-corrected chi connectivity index (χ4v) is 1.41. The highest BCUT2D eigenvalue weighted by Gasteiger charge is 2.92. The first-order valence-corrected chi connectivity index (χ1v) is 5.36. The van der Waals surface area contributed by atoms with Gasteiger partial charge >= 0.3 is 36.0 Å². The van der Waals surface area contributed by atoms with Gasteiger partial charge in [-0.1, -0.05) is 6.58 Å². The summed E-state index contributed by atoms with van der Waals surface area (Å²) in [6, 6.07) is 0. The number of esters is 1. The van der Waals surface area contributed by atoms with Crippen LogP contribution in [0.4, 0.5) is 48.3 Å². The van der Waals surface area contributed by atoms with E-state index in [1.54, 1.807) is 0 Å². The maximum absolute atomic E-state index is 13.8. The monoisotopic (exact) mass is 384 g/mol. The second kappa shape index (κ2) is 5.74. The number of hydrogen-bond donors (Lipinski definition) is 1. The maximum Gasteiger partial charge on any atom is 0.444 e. The molecule has 1 atom stereocenters. The number of carbonyl (C=O) groups is 1. The summed E-state index contributed by atoms with van der Waals surface area (Å²) in [7, 11) is 0. The Morgan fingerprint density at radius 2 is 1.21 bits per heavy atom. The molecular formula is C10H7F11O3. The molecule has 1 N–H and O–H groups in total. The van der Waals surface area contributed by atoms with Crippen molar-refractivity contribution in [1.82, 2.24) is 0 Å². The molecule has 0 fully saturated rings. The SMILES string of the molecule is C=CC(=O)OC(C(F)(F)F)(C(F)(F)F)C(F)(F)C(C)(O)C(F)(F)F. The van der Waals surface area contributed by atoms with Crippen LogP contribution in [0.25, 0.3) is 0 Å². The van der Waals surface area contributed by atoms with Crippen molar-refractivity contribution in [3.8, 4) is 0 Å². The van der Waals surface area contributed by atoms with Crippen molar-refractivity contribution < 1.29 is 62.9 Å². The van der Waals surface area contributed by atoms with E-state index in [1.807, 2.05) is 0 Å². The first kappa shape index (κ1) is 22.4. The van der Waals surface area contributed by atoms with E-state index in [9.17, 15) is 53.1 Å². The van der Waals surface area contributed by atoms with E-state index in [1.165, 1.54) is 0 Å². The van der Waals surface area contributed by atoms with Crippen LogP contribution in [0.5, 0.6) is 0 Å². The summed E-state index contributed by atoms with van der Waals surface area (Å²) >= 11 is 0. The van der Waals surface area contributed by atoms with E-state index in [0.29, 0.717) is 0 Å². The molecule has 0 aliphatic carbocycles. The summed E-state index contributed by atoms with van der Waals surface area (Å²) < 4.78 is 144. The van der Waals surface area contributed by atoms with Crippen LogP contribution in [-0.2, 0) is 9.53 Å². The summed E-state index contributed by atoms with van der Waals surface area (Å²) in [5, 5.41) is 8.73. The largest absolute Gasteiger partial charge is 0.444 e. The van der Waals surface area contributed by atoms with Crippen molar-refractivity contribution in [3.05, 3.63) is 12.7 Å². The molecule has 0 heterocycles. The number of halogens is 11. The van der Waals surface area contributed by atoms with Gasteiger partial charge in [0, 0.05) is 6.08 Å². The molecule has 0 aromatic heterocycles. The topological polar surface area (TPSA) is 46.5 Å². The van der Waals surface area contributed by atoms with Crippen LogP contribution in [0.1, 0.15) is 6.92 Å². The number of hydrogen-bond acceptors (Lipinski definition) is 3. The summed E-state index contributed by atoms with van der Waals surface area (Å²) in [5.74, 6) is -9.87. The lowest BCUT2D eigenvalue weighted by atomic mass is 9.81. The van der Waals surface area contributed by atoms with Crippen molar-refractivity contribution in [2.75, 3.05) is 0 Å². The van der Waals surface area contributed by atoms with E-state index in [2.05, 4.69) is 11.3 Å². The Labute approximate surface area is 125 Å². The van der Waals surface area contributed by atoms with E-state index in [0.717, 1.165) is 0 Å². The minimum atomic E-state index is -7.29. The molecule has 3 nitrogen and oxygen atoms in total. The molecule has 0 amide bonds. The lowest BCUT2D eigenvalue weighted by Gasteiger charge is -2.46. The van der Waals surface area contributed by atoms with Crippen molar-refractivity contribution in [1.29, 1.82) is 0 Å². The van der Waals surface area contributed by atoms with Gasteiger partial charge in [-0.2, -0.15) is 48.3 Å². The smallest absolute Gasteiger partial charge is 0.431 e. The van der Waals surface area contributed by atoms with E-state index in [-0.39, 0.29) is 0 Å². The fraction of sp³-hybridized carbons (Fsp3) is 0.700. The van der Waals surface area contributed by atoms with Gasteiger partial charge in [-0.3, -0.25) is 0 Å². The molecule has 0 aliphatic rings. The van der Waals surface area contributed by atoms with Crippen LogP contribution in [-0.4, -0.2) is 46.7 Å². The molecule has 142 valence electrons. The molecule has 0 radical (unpaired) electrons. The summed E-state index contributed by atoms with van der Waals surface area (Å²) in [6.45, 7) is 1.34. The Kier molecular flexibility index (Phi) is 5.35. The predicted molar refractivity (Wildman–Crippen MR) is 52.8 cm³/mol. The van der Waals surface area contributed by atoms with Crippen molar-refractivity contribution in [3.63, 3.8) is 0 Å². The lowest BCUT2D eigenvalue weighted by molar-refractivity contribution is -0.460. The molecule has 0 saturated carbocycles. The van der Waals surface area contributed by atoms with Crippen LogP contribution in [0.3, 0.4) is 0 Å². The Morgan fingerprint density at radius 3 is 1.42 bits per heavy atom. The number of rotatable bonds is 4. The zero-order valence-electron chi connectivity index (χ0n) is 11.2. The van der Waals surface area contributed by atoms with E-state index in [4.69, 9.17) is 5.11 Å². The van der Waals surface area contributed by atoms with Gasteiger partial charge in [-0.25, -0.2) is 4.79 Å². The Hall–Kier alpha value is -1.60. The second-order valence-corrected chi connectivity index (χ2v) is 4.45. The molecule has 1 unspecified atom stereocenters. The Balaban J connectivity index is 6.94. The summed E-state index contributed by atoms with van der Waals surface area (Å²) in [5.41, 5.74) is -12.9. The lowest BCUT2D eigenvalue weighted by Crippen LogP contribution is -2.77. The molecule has 0 aliphatic heterocycles. The van der Waals surface area contributed by atoms with Gasteiger partial charge in [0.05, 0.1) is 0 Å². The van der Waals surface area contributed by atoms with Crippen LogP contribution in [0.2, 0.25) is 0 Å². The third-order valence-corrected chi connectivity index (χ3v) is 2.82. The maximum atomic E-state index is 13.8. The normalized spacial score (nSPS) is 17.2. The minimum Gasteiger partial charge on any atom is -0.431 e. The quantitative estimate of drug-likeness (QED) is 0.459. The molecule has 0 aromatic carbocycles.